The number of carboxylic acids is 1. The fourth-order valence-electron chi connectivity index (χ4n) is 2.37. The monoisotopic (exact) mass is 371 g/mol. The highest BCUT2D eigenvalue weighted by Crippen LogP contribution is 2.18. The molecule has 8 nitrogen and oxygen atoms in total. The minimum absolute atomic E-state index is 0.0919. The van der Waals surface area contributed by atoms with Gasteiger partial charge in [0.1, 0.15) is 11.4 Å². The maximum absolute atomic E-state index is 12.3. The van der Waals surface area contributed by atoms with Crippen LogP contribution >= 0.6 is 0 Å². The summed E-state index contributed by atoms with van der Waals surface area (Å²) in [6.07, 6.45) is 1.26. The van der Waals surface area contributed by atoms with Gasteiger partial charge in [0.2, 0.25) is 0 Å². The first-order valence-corrected chi connectivity index (χ1v) is 8.46. The largest absolute Gasteiger partial charge is 0.484 e. The summed E-state index contributed by atoms with van der Waals surface area (Å²) in [5, 5.41) is 11.6. The van der Waals surface area contributed by atoms with Crippen molar-refractivity contribution >= 4 is 23.5 Å². The first kappa shape index (κ1) is 19.9. The lowest BCUT2D eigenvalue weighted by atomic mass is 10.2. The van der Waals surface area contributed by atoms with Crippen molar-refractivity contribution in [3.05, 3.63) is 53.9 Å². The number of benzene rings is 1. The molecule has 0 spiro atoms. The number of aromatic nitrogens is 1. The summed E-state index contributed by atoms with van der Waals surface area (Å²) in [4.78, 5) is 40.6. The van der Waals surface area contributed by atoms with Crippen LogP contribution in [0.15, 0.2) is 42.6 Å². The number of aromatic carboxylic acids is 1. The van der Waals surface area contributed by atoms with Gasteiger partial charge in [-0.15, -0.1) is 0 Å². The highest BCUT2D eigenvalue weighted by atomic mass is 16.5. The predicted molar refractivity (Wildman–Crippen MR) is 99.0 cm³/mol. The third-order valence-electron chi connectivity index (χ3n) is 3.81. The van der Waals surface area contributed by atoms with Crippen LogP contribution in [0.3, 0.4) is 0 Å². The third-order valence-corrected chi connectivity index (χ3v) is 3.81. The smallest absolute Gasteiger partial charge is 0.354 e. The summed E-state index contributed by atoms with van der Waals surface area (Å²) in [6.45, 7) is 4.92. The van der Waals surface area contributed by atoms with Crippen LogP contribution in [0.1, 0.15) is 34.7 Å². The van der Waals surface area contributed by atoms with Crippen molar-refractivity contribution in [1.82, 2.24) is 9.88 Å². The SMILES string of the molecule is CCN(CC)C(=O)COc1cccc(NC(=O)c2ccnc(C(=O)O)c2)c1. The Morgan fingerprint density at radius 3 is 2.56 bits per heavy atom. The van der Waals surface area contributed by atoms with Crippen molar-refractivity contribution in [2.75, 3.05) is 25.0 Å². The molecule has 1 heterocycles. The Kier molecular flexibility index (Phi) is 6.87. The van der Waals surface area contributed by atoms with Crippen LogP contribution in [0.4, 0.5) is 5.69 Å². The number of rotatable bonds is 8. The van der Waals surface area contributed by atoms with E-state index in [-0.39, 0.29) is 23.8 Å². The Labute approximate surface area is 156 Å². The van der Waals surface area contributed by atoms with Gasteiger partial charge in [0.15, 0.2) is 6.61 Å². The molecule has 8 heteroatoms. The molecule has 27 heavy (non-hydrogen) atoms. The molecule has 2 N–H and O–H groups in total. The standard InChI is InChI=1S/C19H21N3O5/c1-3-22(4-2)17(23)12-27-15-7-5-6-14(11-15)21-18(24)13-8-9-20-16(10-13)19(25)26/h5-11H,3-4,12H2,1-2H3,(H,21,24)(H,25,26). The number of carbonyl (C=O) groups excluding carboxylic acids is 2. The van der Waals surface area contributed by atoms with Gasteiger partial charge in [-0.3, -0.25) is 9.59 Å². The number of pyridine rings is 1. The van der Waals surface area contributed by atoms with Crippen molar-refractivity contribution in [3.8, 4) is 5.75 Å². The minimum Gasteiger partial charge on any atom is -0.484 e. The van der Waals surface area contributed by atoms with Crippen LogP contribution in [0, 0.1) is 0 Å². The summed E-state index contributed by atoms with van der Waals surface area (Å²) < 4.78 is 5.50. The van der Waals surface area contributed by atoms with E-state index in [9.17, 15) is 14.4 Å². The van der Waals surface area contributed by atoms with Gasteiger partial charge in [0.05, 0.1) is 0 Å². The van der Waals surface area contributed by atoms with Crippen molar-refractivity contribution in [1.29, 1.82) is 0 Å². The lowest BCUT2D eigenvalue weighted by Gasteiger charge is -2.18. The summed E-state index contributed by atoms with van der Waals surface area (Å²) in [5.41, 5.74) is 0.418. The Morgan fingerprint density at radius 1 is 1.15 bits per heavy atom. The molecule has 1 aromatic carbocycles. The molecule has 2 amide bonds. The molecule has 0 atom stereocenters. The number of ether oxygens (including phenoxy) is 1. The van der Waals surface area contributed by atoms with E-state index in [1.54, 1.807) is 29.2 Å². The Morgan fingerprint density at radius 2 is 1.89 bits per heavy atom. The summed E-state index contributed by atoms with van der Waals surface area (Å²) in [6, 6.07) is 9.23. The Hall–Kier alpha value is -3.42. The predicted octanol–water partition coefficient (Wildman–Crippen LogP) is 2.28. The molecular weight excluding hydrogens is 350 g/mol. The van der Waals surface area contributed by atoms with Gasteiger partial charge >= 0.3 is 5.97 Å². The number of amides is 2. The molecule has 2 rings (SSSR count). The normalized spacial score (nSPS) is 10.1. The van der Waals surface area contributed by atoms with Crippen molar-refractivity contribution in [2.24, 2.45) is 0 Å². The van der Waals surface area contributed by atoms with E-state index >= 15 is 0 Å². The van der Waals surface area contributed by atoms with E-state index in [2.05, 4.69) is 10.3 Å². The highest BCUT2D eigenvalue weighted by molar-refractivity contribution is 6.05. The maximum atomic E-state index is 12.3. The molecule has 0 saturated carbocycles. The number of anilines is 1. The first-order valence-electron chi connectivity index (χ1n) is 8.46. The van der Waals surface area contributed by atoms with Crippen LogP contribution in [0.25, 0.3) is 0 Å². The van der Waals surface area contributed by atoms with Gasteiger partial charge in [0, 0.05) is 36.6 Å². The van der Waals surface area contributed by atoms with Crippen LogP contribution in [-0.4, -0.2) is 52.5 Å². The van der Waals surface area contributed by atoms with E-state index in [0.717, 1.165) is 0 Å². The molecule has 0 unspecified atom stereocenters. The number of carboxylic acid groups (broad SMARTS) is 1. The van der Waals surface area contributed by atoms with Crippen molar-refractivity contribution in [3.63, 3.8) is 0 Å². The number of nitrogens with zero attached hydrogens (tertiary/aromatic N) is 2. The molecule has 0 fully saturated rings. The molecule has 0 aliphatic heterocycles. The van der Waals surface area contributed by atoms with Crippen LogP contribution in [0.2, 0.25) is 0 Å². The Balaban J connectivity index is 2.03. The van der Waals surface area contributed by atoms with E-state index in [4.69, 9.17) is 9.84 Å². The average molecular weight is 371 g/mol. The Bertz CT molecular complexity index is 834. The number of hydrogen-bond acceptors (Lipinski definition) is 5. The lowest BCUT2D eigenvalue weighted by Crippen LogP contribution is -2.34. The number of nitrogens with one attached hydrogen (secondary N) is 1. The highest BCUT2D eigenvalue weighted by Gasteiger charge is 2.12. The van der Waals surface area contributed by atoms with E-state index in [0.29, 0.717) is 24.5 Å². The van der Waals surface area contributed by atoms with Gasteiger partial charge in [0.25, 0.3) is 11.8 Å². The second-order valence-corrected chi connectivity index (χ2v) is 5.57. The third kappa shape index (κ3) is 5.53. The van der Waals surface area contributed by atoms with Crippen LogP contribution < -0.4 is 10.1 Å². The zero-order valence-electron chi connectivity index (χ0n) is 15.1. The van der Waals surface area contributed by atoms with Gasteiger partial charge in [-0.2, -0.15) is 0 Å². The summed E-state index contributed by atoms with van der Waals surface area (Å²) in [7, 11) is 0. The van der Waals surface area contributed by atoms with E-state index < -0.39 is 11.9 Å². The zero-order valence-corrected chi connectivity index (χ0v) is 15.1. The number of hydrogen-bond donors (Lipinski definition) is 2. The average Bonchev–Trinajstić information content (AvgIpc) is 2.67. The van der Waals surface area contributed by atoms with Crippen molar-refractivity contribution < 1.29 is 24.2 Å². The first-order chi connectivity index (χ1) is 12.9. The lowest BCUT2D eigenvalue weighted by molar-refractivity contribution is -0.132. The minimum atomic E-state index is -1.21. The van der Waals surface area contributed by atoms with Gasteiger partial charge in [-0.1, -0.05) is 6.07 Å². The molecule has 142 valence electrons. The van der Waals surface area contributed by atoms with Gasteiger partial charge < -0.3 is 20.1 Å². The molecular formula is C19H21N3O5. The van der Waals surface area contributed by atoms with Crippen LogP contribution in [-0.2, 0) is 4.79 Å². The quantitative estimate of drug-likeness (QED) is 0.737. The molecule has 0 bridgehead atoms. The van der Waals surface area contributed by atoms with E-state index in [1.165, 1.54) is 18.3 Å². The molecule has 1 aromatic heterocycles. The second kappa shape index (κ2) is 9.33. The van der Waals surface area contributed by atoms with Gasteiger partial charge in [-0.25, -0.2) is 9.78 Å². The number of likely N-dealkylation sites (N-methyl/N-ethyl adjacent to an activating group) is 1. The molecule has 0 radical (unpaired) electrons. The fourth-order valence-corrected chi connectivity index (χ4v) is 2.37. The van der Waals surface area contributed by atoms with Gasteiger partial charge in [-0.05, 0) is 38.1 Å². The maximum Gasteiger partial charge on any atom is 0.354 e. The zero-order chi connectivity index (χ0) is 19.8. The molecule has 2 aromatic rings. The second-order valence-electron chi connectivity index (χ2n) is 5.57. The molecule has 0 saturated heterocycles. The fraction of sp³-hybridized carbons (Fsp3) is 0.263. The van der Waals surface area contributed by atoms with Crippen molar-refractivity contribution in [2.45, 2.75) is 13.8 Å². The summed E-state index contributed by atoms with van der Waals surface area (Å²) in [5.74, 6) is -1.36. The van der Waals surface area contributed by atoms with E-state index in [1.807, 2.05) is 13.8 Å². The van der Waals surface area contributed by atoms with Crippen LogP contribution in [0.5, 0.6) is 5.75 Å². The molecule has 0 aliphatic rings. The number of carbonyl (C=O) groups is 3. The molecule has 0 aliphatic carbocycles. The summed E-state index contributed by atoms with van der Waals surface area (Å²) >= 11 is 0. The topological polar surface area (TPSA) is 109 Å².